The van der Waals surface area contributed by atoms with Gasteiger partial charge >= 0.3 is 5.97 Å². The van der Waals surface area contributed by atoms with Crippen molar-refractivity contribution in [1.29, 1.82) is 0 Å². The fourth-order valence-electron chi connectivity index (χ4n) is 1.48. The summed E-state index contributed by atoms with van der Waals surface area (Å²) in [5.41, 5.74) is 5.39. The lowest BCUT2D eigenvalue weighted by molar-refractivity contribution is -0.147. The summed E-state index contributed by atoms with van der Waals surface area (Å²) in [5, 5.41) is 8.77. The van der Waals surface area contributed by atoms with Crippen LogP contribution in [-0.4, -0.2) is 39.1 Å². The highest BCUT2D eigenvalue weighted by atomic mass is 35.5. The minimum Gasteiger partial charge on any atom is -0.477 e. The van der Waals surface area contributed by atoms with E-state index in [0.29, 0.717) is 5.75 Å². The molecule has 1 unspecified atom stereocenters. The predicted molar refractivity (Wildman–Crippen MR) is 58.8 cm³/mol. The number of carboxylic acids is 1. The van der Waals surface area contributed by atoms with E-state index < -0.39 is 12.0 Å². The molecule has 0 aromatic rings. The molecular weight excluding hydrogens is 263 g/mol. The molecular formula is C7H8Cl2N2O3S. The number of carboxylic acid groups (broad SMARTS) is 1. The molecule has 1 saturated heterocycles. The van der Waals surface area contributed by atoms with E-state index in [1.807, 2.05) is 0 Å². The van der Waals surface area contributed by atoms with Crippen LogP contribution >= 0.6 is 35.8 Å². The third-order valence-corrected chi connectivity index (χ3v) is 3.94. The normalized spacial score (nSPS) is 29.2. The van der Waals surface area contributed by atoms with Crippen molar-refractivity contribution in [3.63, 3.8) is 0 Å². The Labute approximate surface area is 101 Å². The van der Waals surface area contributed by atoms with Gasteiger partial charge in [-0.2, -0.15) is 0 Å². The van der Waals surface area contributed by atoms with Crippen LogP contribution in [0.25, 0.3) is 0 Å². The van der Waals surface area contributed by atoms with Gasteiger partial charge in [-0.15, -0.1) is 24.2 Å². The maximum absolute atomic E-state index is 11.3. The van der Waals surface area contributed by atoms with Gasteiger partial charge < -0.3 is 10.8 Å². The highest BCUT2D eigenvalue weighted by Gasteiger charge is 2.51. The molecule has 84 valence electrons. The first-order valence-electron chi connectivity index (χ1n) is 3.86. The van der Waals surface area contributed by atoms with Crippen molar-refractivity contribution in [2.45, 2.75) is 11.4 Å². The van der Waals surface area contributed by atoms with Crippen LogP contribution in [-0.2, 0) is 9.59 Å². The van der Waals surface area contributed by atoms with Crippen molar-refractivity contribution in [3.05, 3.63) is 10.7 Å². The number of nitrogens with zero attached hydrogens (tertiary/aromatic N) is 1. The summed E-state index contributed by atoms with van der Waals surface area (Å²) in [6, 6.07) is -0.598. The molecule has 1 fully saturated rings. The number of β-lactam (4-membered cyclic amide) rings is 1. The van der Waals surface area contributed by atoms with E-state index in [1.54, 1.807) is 0 Å². The van der Waals surface area contributed by atoms with Gasteiger partial charge in [0.05, 0.1) is 5.03 Å². The average Bonchev–Trinajstić information content (AvgIpc) is 2.15. The smallest absolute Gasteiger partial charge is 0.353 e. The van der Waals surface area contributed by atoms with Crippen LogP contribution in [0, 0.1) is 0 Å². The summed E-state index contributed by atoms with van der Waals surface area (Å²) in [5.74, 6) is -1.16. The zero-order valence-corrected chi connectivity index (χ0v) is 9.73. The number of carbonyl (C=O) groups is 2. The molecule has 2 aliphatic rings. The molecule has 0 spiro atoms. The number of amides is 1. The Morgan fingerprint density at radius 2 is 2.27 bits per heavy atom. The first-order valence-corrected chi connectivity index (χ1v) is 5.29. The van der Waals surface area contributed by atoms with E-state index in [9.17, 15) is 9.59 Å². The lowest BCUT2D eigenvalue weighted by Crippen LogP contribution is -2.68. The van der Waals surface area contributed by atoms with Crippen molar-refractivity contribution in [3.8, 4) is 0 Å². The van der Waals surface area contributed by atoms with Crippen LogP contribution < -0.4 is 5.73 Å². The summed E-state index contributed by atoms with van der Waals surface area (Å²) in [7, 11) is 0. The van der Waals surface area contributed by atoms with Crippen LogP contribution in [0.2, 0.25) is 0 Å². The van der Waals surface area contributed by atoms with Crippen LogP contribution in [0.1, 0.15) is 0 Å². The number of fused-ring (bicyclic) bond motifs is 1. The number of aliphatic carboxylic acids is 1. The quantitative estimate of drug-likeness (QED) is 0.665. The zero-order chi connectivity index (χ0) is 10.5. The van der Waals surface area contributed by atoms with Gasteiger partial charge in [-0.1, -0.05) is 11.6 Å². The van der Waals surface area contributed by atoms with E-state index in [0.717, 1.165) is 4.90 Å². The van der Waals surface area contributed by atoms with E-state index in [-0.39, 0.29) is 34.4 Å². The molecule has 2 atom stereocenters. The van der Waals surface area contributed by atoms with Crippen LogP contribution in [0.3, 0.4) is 0 Å². The van der Waals surface area contributed by atoms with Gasteiger partial charge in [0.1, 0.15) is 17.1 Å². The number of hydrogen-bond donors (Lipinski definition) is 2. The number of rotatable bonds is 1. The summed E-state index contributed by atoms with van der Waals surface area (Å²) >= 11 is 7.11. The monoisotopic (exact) mass is 270 g/mol. The Balaban J connectivity index is 0.00000112. The molecule has 0 aromatic heterocycles. The SMILES string of the molecule is Cl.N[C@@H]1C(=O)N2C(C(=O)O)=C(Cl)CSC12. The largest absolute Gasteiger partial charge is 0.477 e. The van der Waals surface area contributed by atoms with Crippen LogP contribution in [0.15, 0.2) is 10.7 Å². The van der Waals surface area contributed by atoms with Gasteiger partial charge in [0.15, 0.2) is 0 Å². The predicted octanol–water partition coefficient (Wildman–Crippen LogP) is 0.186. The Morgan fingerprint density at radius 1 is 1.67 bits per heavy atom. The molecule has 2 heterocycles. The molecule has 2 aliphatic heterocycles. The maximum Gasteiger partial charge on any atom is 0.353 e. The van der Waals surface area contributed by atoms with E-state index in [2.05, 4.69) is 0 Å². The number of thioether (sulfide) groups is 1. The first-order chi connectivity index (χ1) is 6.54. The lowest BCUT2D eigenvalue weighted by Gasteiger charge is -2.47. The van der Waals surface area contributed by atoms with Crippen LogP contribution in [0.4, 0.5) is 0 Å². The molecule has 0 bridgehead atoms. The molecule has 0 radical (unpaired) electrons. The van der Waals surface area contributed by atoms with E-state index in [4.69, 9.17) is 22.4 Å². The van der Waals surface area contributed by atoms with Crippen molar-refractivity contribution in [2.75, 3.05) is 5.75 Å². The minimum atomic E-state index is -1.18. The number of hydrogen-bond acceptors (Lipinski definition) is 4. The van der Waals surface area contributed by atoms with E-state index in [1.165, 1.54) is 11.8 Å². The molecule has 8 heteroatoms. The first kappa shape index (κ1) is 12.6. The van der Waals surface area contributed by atoms with Crippen molar-refractivity contribution >= 4 is 47.6 Å². The molecule has 0 aromatic carbocycles. The topological polar surface area (TPSA) is 83.6 Å². The fraction of sp³-hybridized carbons (Fsp3) is 0.429. The lowest BCUT2D eigenvalue weighted by atomic mass is 10.1. The van der Waals surface area contributed by atoms with Crippen molar-refractivity contribution < 1.29 is 14.7 Å². The van der Waals surface area contributed by atoms with Gasteiger partial charge in [0, 0.05) is 5.75 Å². The van der Waals surface area contributed by atoms with Crippen molar-refractivity contribution in [2.24, 2.45) is 5.73 Å². The average molecular weight is 271 g/mol. The van der Waals surface area contributed by atoms with Gasteiger partial charge in [-0.05, 0) is 0 Å². The molecule has 0 aliphatic carbocycles. The third kappa shape index (κ3) is 1.71. The van der Waals surface area contributed by atoms with E-state index >= 15 is 0 Å². The Morgan fingerprint density at radius 3 is 2.80 bits per heavy atom. The van der Waals surface area contributed by atoms with Crippen molar-refractivity contribution in [1.82, 2.24) is 4.90 Å². The summed E-state index contributed by atoms with van der Waals surface area (Å²) in [6.45, 7) is 0. The molecule has 0 saturated carbocycles. The van der Waals surface area contributed by atoms with Crippen LogP contribution in [0.5, 0.6) is 0 Å². The molecule has 1 amide bonds. The minimum absolute atomic E-state index is 0. The number of nitrogens with two attached hydrogens (primary N) is 1. The fourth-order valence-corrected chi connectivity index (χ4v) is 2.98. The van der Waals surface area contributed by atoms with Gasteiger partial charge in [-0.25, -0.2) is 4.79 Å². The molecule has 5 nitrogen and oxygen atoms in total. The third-order valence-electron chi connectivity index (χ3n) is 2.17. The van der Waals surface area contributed by atoms with Gasteiger partial charge in [0.25, 0.3) is 0 Å². The highest BCUT2D eigenvalue weighted by Crippen LogP contribution is 2.40. The second-order valence-corrected chi connectivity index (χ2v) is 4.56. The number of halogens is 2. The Bertz CT molecular complexity index is 360. The Hall–Kier alpha value is -0.430. The zero-order valence-electron chi connectivity index (χ0n) is 7.34. The number of carbonyl (C=O) groups excluding carboxylic acids is 1. The maximum atomic E-state index is 11.3. The summed E-state index contributed by atoms with van der Waals surface area (Å²) in [4.78, 5) is 23.3. The van der Waals surface area contributed by atoms with Gasteiger partial charge in [-0.3, -0.25) is 9.69 Å². The van der Waals surface area contributed by atoms with Gasteiger partial charge in [0.2, 0.25) is 5.91 Å². The molecule has 15 heavy (non-hydrogen) atoms. The molecule has 2 rings (SSSR count). The second kappa shape index (κ2) is 4.21. The standard InChI is InChI=1S/C7H7ClN2O3S.ClH/c8-2-1-14-6-3(9)5(11)10(6)4(2)7(12)13;/h3,6H,1,9H2,(H,12,13);1H/t3-,6?;/m1./s1. The highest BCUT2D eigenvalue weighted by molar-refractivity contribution is 8.00. The summed E-state index contributed by atoms with van der Waals surface area (Å²) < 4.78 is 0. The molecule has 3 N–H and O–H groups in total. The second-order valence-electron chi connectivity index (χ2n) is 2.99. The Kier molecular flexibility index (Phi) is 3.55. The summed E-state index contributed by atoms with van der Waals surface area (Å²) in [6.07, 6.45) is 0.